The number of carbonyl (C=O) groups is 1. The first-order valence-corrected chi connectivity index (χ1v) is 11.5. The van der Waals surface area contributed by atoms with Crippen LogP contribution in [0.3, 0.4) is 0 Å². The van der Waals surface area contributed by atoms with Gasteiger partial charge in [0.2, 0.25) is 17.6 Å². The number of benzene rings is 2. The van der Waals surface area contributed by atoms with Crippen molar-refractivity contribution < 1.29 is 14.1 Å². The highest BCUT2D eigenvalue weighted by molar-refractivity contribution is 5.92. The summed E-state index contributed by atoms with van der Waals surface area (Å²) in [7, 11) is 1.64. The van der Waals surface area contributed by atoms with Crippen molar-refractivity contribution in [3.05, 3.63) is 66.1 Å². The summed E-state index contributed by atoms with van der Waals surface area (Å²) in [4.78, 5) is 21.4. The molecule has 1 saturated carbocycles. The van der Waals surface area contributed by atoms with Crippen LogP contribution in [0.2, 0.25) is 0 Å². The van der Waals surface area contributed by atoms with Crippen LogP contribution in [0.5, 0.6) is 5.75 Å². The zero-order valence-corrected chi connectivity index (χ0v) is 18.8. The second-order valence-electron chi connectivity index (χ2n) is 8.55. The second kappa shape index (κ2) is 9.48. The Morgan fingerprint density at radius 1 is 1.03 bits per heavy atom. The number of aromatic nitrogens is 2. The van der Waals surface area contributed by atoms with E-state index in [1.165, 1.54) is 6.42 Å². The first kappa shape index (κ1) is 21.2. The molecule has 3 aromatic rings. The number of anilines is 1. The first-order chi connectivity index (χ1) is 16.2. The Bertz CT molecular complexity index is 1110. The van der Waals surface area contributed by atoms with E-state index in [1.807, 2.05) is 47.4 Å². The van der Waals surface area contributed by atoms with E-state index in [-0.39, 0.29) is 5.91 Å². The van der Waals surface area contributed by atoms with E-state index in [0.29, 0.717) is 24.8 Å². The number of ether oxygens (including phenoxy) is 1. The molecule has 2 heterocycles. The van der Waals surface area contributed by atoms with Crippen LogP contribution in [-0.4, -0.2) is 54.2 Å². The topological polar surface area (TPSA) is 71.7 Å². The van der Waals surface area contributed by atoms with Crippen molar-refractivity contribution >= 4 is 17.7 Å². The quantitative estimate of drug-likeness (QED) is 0.526. The molecule has 0 spiro atoms. The molecule has 170 valence electrons. The van der Waals surface area contributed by atoms with Crippen molar-refractivity contribution in [3.63, 3.8) is 0 Å². The van der Waals surface area contributed by atoms with Crippen LogP contribution in [0.4, 0.5) is 5.69 Å². The third-order valence-electron chi connectivity index (χ3n) is 6.51. The molecule has 2 aromatic carbocycles. The van der Waals surface area contributed by atoms with Crippen LogP contribution in [-0.2, 0) is 4.79 Å². The molecule has 5 rings (SSSR count). The average Bonchev–Trinajstić information content (AvgIpc) is 3.31. The number of carbonyl (C=O) groups excluding carboxylic acids is 1. The van der Waals surface area contributed by atoms with E-state index in [9.17, 15) is 4.79 Å². The predicted octanol–water partition coefficient (Wildman–Crippen LogP) is 4.37. The van der Waals surface area contributed by atoms with E-state index in [1.54, 1.807) is 13.2 Å². The molecule has 7 heteroatoms. The fraction of sp³-hybridized carbons (Fsp3) is 0.346. The zero-order chi connectivity index (χ0) is 22.6. The van der Waals surface area contributed by atoms with Gasteiger partial charge in [-0.3, -0.25) is 4.79 Å². The van der Waals surface area contributed by atoms with Crippen molar-refractivity contribution in [1.29, 1.82) is 0 Å². The Balaban J connectivity index is 1.14. The molecule has 0 N–H and O–H groups in total. The Hall–Kier alpha value is -3.61. The molecule has 2 fully saturated rings. The molecular formula is C26H28N4O3. The van der Waals surface area contributed by atoms with Gasteiger partial charge in [0.15, 0.2) is 0 Å². The van der Waals surface area contributed by atoms with Crippen LogP contribution >= 0.6 is 0 Å². The molecule has 7 nitrogen and oxygen atoms in total. The van der Waals surface area contributed by atoms with E-state index in [0.717, 1.165) is 54.4 Å². The summed E-state index contributed by atoms with van der Waals surface area (Å²) in [6.45, 7) is 3.00. The molecule has 1 aliphatic carbocycles. The maximum absolute atomic E-state index is 12.6. The monoisotopic (exact) mass is 444 g/mol. The van der Waals surface area contributed by atoms with Gasteiger partial charge in [0.25, 0.3) is 0 Å². The summed E-state index contributed by atoms with van der Waals surface area (Å²) in [5.41, 5.74) is 3.08. The first-order valence-electron chi connectivity index (χ1n) is 11.5. The Labute approximate surface area is 193 Å². The predicted molar refractivity (Wildman–Crippen MR) is 127 cm³/mol. The molecule has 1 amide bonds. The molecule has 1 aromatic heterocycles. The fourth-order valence-electron chi connectivity index (χ4n) is 4.17. The van der Waals surface area contributed by atoms with Gasteiger partial charge in [0.05, 0.1) is 7.11 Å². The molecule has 0 atom stereocenters. The number of hydrogen-bond acceptors (Lipinski definition) is 6. The van der Waals surface area contributed by atoms with Crippen LogP contribution in [0, 0.1) is 0 Å². The highest BCUT2D eigenvalue weighted by Gasteiger charge is 2.26. The normalized spacial score (nSPS) is 16.8. The van der Waals surface area contributed by atoms with Crippen LogP contribution in [0.15, 0.2) is 59.1 Å². The van der Waals surface area contributed by atoms with Gasteiger partial charge in [0, 0.05) is 49.4 Å². The van der Waals surface area contributed by atoms with E-state index in [4.69, 9.17) is 9.26 Å². The standard InChI is InChI=1S/C26H28N4O3/c1-32-23-12-5-19(6-13-23)7-14-24(31)30-17-15-29(16-18-30)22-10-8-20(9-11-22)25-27-26(33-28-25)21-3-2-4-21/h5-14,21H,2-4,15-18H2,1H3/b14-7+. The van der Waals surface area contributed by atoms with Crippen LogP contribution < -0.4 is 9.64 Å². The van der Waals surface area contributed by atoms with Crippen LogP contribution in [0.1, 0.15) is 36.6 Å². The lowest BCUT2D eigenvalue weighted by Crippen LogP contribution is -2.48. The summed E-state index contributed by atoms with van der Waals surface area (Å²) in [5, 5.41) is 4.15. The van der Waals surface area contributed by atoms with Crippen molar-refractivity contribution in [1.82, 2.24) is 15.0 Å². The van der Waals surface area contributed by atoms with Gasteiger partial charge in [-0.2, -0.15) is 4.98 Å². The SMILES string of the molecule is COc1ccc(/C=C/C(=O)N2CCN(c3ccc(-c4noc(C5CCC5)n4)cc3)CC2)cc1. The summed E-state index contributed by atoms with van der Waals surface area (Å²) in [5.74, 6) is 2.71. The average molecular weight is 445 g/mol. The molecule has 2 aliphatic rings. The zero-order valence-electron chi connectivity index (χ0n) is 18.8. The number of methoxy groups -OCH3 is 1. The van der Waals surface area contributed by atoms with Gasteiger partial charge in [0.1, 0.15) is 5.75 Å². The minimum Gasteiger partial charge on any atom is -0.497 e. The van der Waals surface area contributed by atoms with Gasteiger partial charge in [-0.05, 0) is 60.9 Å². The molecule has 1 saturated heterocycles. The lowest BCUT2D eigenvalue weighted by molar-refractivity contribution is -0.126. The fourth-order valence-corrected chi connectivity index (χ4v) is 4.17. The van der Waals surface area contributed by atoms with Crippen molar-refractivity contribution in [2.24, 2.45) is 0 Å². The second-order valence-corrected chi connectivity index (χ2v) is 8.55. The molecule has 0 unspecified atom stereocenters. The molecule has 0 bridgehead atoms. The lowest BCUT2D eigenvalue weighted by Gasteiger charge is -2.35. The van der Waals surface area contributed by atoms with Crippen molar-refractivity contribution in [3.8, 4) is 17.1 Å². The number of nitrogens with zero attached hydrogens (tertiary/aromatic N) is 4. The Kier molecular flexibility index (Phi) is 6.11. The largest absolute Gasteiger partial charge is 0.497 e. The highest BCUT2D eigenvalue weighted by atomic mass is 16.5. The highest BCUT2D eigenvalue weighted by Crippen LogP contribution is 2.36. The number of rotatable bonds is 6. The number of piperazine rings is 1. The Morgan fingerprint density at radius 3 is 2.39 bits per heavy atom. The van der Waals surface area contributed by atoms with E-state index in [2.05, 4.69) is 27.2 Å². The van der Waals surface area contributed by atoms with Gasteiger partial charge in [-0.1, -0.05) is 23.7 Å². The van der Waals surface area contributed by atoms with Gasteiger partial charge in [-0.15, -0.1) is 0 Å². The smallest absolute Gasteiger partial charge is 0.246 e. The molecule has 1 aliphatic heterocycles. The van der Waals surface area contributed by atoms with E-state index >= 15 is 0 Å². The molecule has 0 radical (unpaired) electrons. The van der Waals surface area contributed by atoms with Crippen LogP contribution in [0.25, 0.3) is 17.5 Å². The maximum Gasteiger partial charge on any atom is 0.246 e. The maximum atomic E-state index is 12.6. The van der Waals surface area contributed by atoms with Gasteiger partial charge < -0.3 is 19.1 Å². The number of amides is 1. The minimum atomic E-state index is 0.0418. The van der Waals surface area contributed by atoms with E-state index < -0.39 is 0 Å². The third-order valence-corrected chi connectivity index (χ3v) is 6.51. The van der Waals surface area contributed by atoms with Gasteiger partial charge in [-0.25, -0.2) is 0 Å². The Morgan fingerprint density at radius 2 is 1.76 bits per heavy atom. The molecular weight excluding hydrogens is 416 g/mol. The summed E-state index contributed by atoms with van der Waals surface area (Å²) in [6, 6.07) is 15.9. The summed E-state index contributed by atoms with van der Waals surface area (Å²) < 4.78 is 10.6. The molecule has 33 heavy (non-hydrogen) atoms. The summed E-state index contributed by atoms with van der Waals surface area (Å²) >= 11 is 0. The van der Waals surface area contributed by atoms with Crippen molar-refractivity contribution in [2.75, 3.05) is 38.2 Å². The third kappa shape index (κ3) is 4.77. The summed E-state index contributed by atoms with van der Waals surface area (Å²) in [6.07, 6.45) is 7.03. The van der Waals surface area contributed by atoms with Crippen molar-refractivity contribution in [2.45, 2.75) is 25.2 Å². The van der Waals surface area contributed by atoms with Gasteiger partial charge >= 0.3 is 0 Å². The lowest BCUT2D eigenvalue weighted by atomic mass is 9.85. The number of hydrogen-bond donors (Lipinski definition) is 0. The minimum absolute atomic E-state index is 0.0418.